The zero-order chi connectivity index (χ0) is 15.1. The molecule has 0 unspecified atom stereocenters. The maximum atomic E-state index is 13.4. The van der Waals surface area contributed by atoms with Crippen LogP contribution in [0.2, 0.25) is 0 Å². The third-order valence-corrected chi connectivity index (χ3v) is 2.94. The number of hydrogen-bond donors (Lipinski definition) is 0. The van der Waals surface area contributed by atoms with Crippen LogP contribution in [0.1, 0.15) is 5.56 Å². The Labute approximate surface area is 141 Å². The number of rotatable bonds is 3. The molecule has 0 bridgehead atoms. The molecule has 0 saturated carbocycles. The summed E-state index contributed by atoms with van der Waals surface area (Å²) in [6.07, 6.45) is 1.46. The number of nitrogens with zero attached hydrogens (tertiary/aromatic N) is 2. The first-order chi connectivity index (χ1) is 10.2. The van der Waals surface area contributed by atoms with Crippen molar-refractivity contribution in [2.75, 3.05) is 14.1 Å². The van der Waals surface area contributed by atoms with Gasteiger partial charge in [-0.3, -0.25) is 4.98 Å². The predicted molar refractivity (Wildman–Crippen MR) is 84.7 cm³/mol. The molecule has 0 spiro atoms. The molecule has 0 N–H and O–H groups in total. The van der Waals surface area contributed by atoms with E-state index in [-0.39, 0.29) is 17.1 Å². The second kappa shape index (κ2) is 9.31. The topological polar surface area (TPSA) is 16.1 Å². The summed E-state index contributed by atoms with van der Waals surface area (Å²) in [4.78, 5) is 5.73. The monoisotopic (exact) mass is 338 g/mol. The molecule has 0 aliphatic carbocycles. The molecule has 0 atom stereocenters. The van der Waals surface area contributed by atoms with E-state index in [1.807, 2.05) is 62.6 Å². The first kappa shape index (κ1) is 18.3. The van der Waals surface area contributed by atoms with Gasteiger partial charge in [0.05, 0.1) is 0 Å². The molecular weight excluding hydrogens is 319 g/mol. The SMILES string of the molecule is CN(C)Cc1cc[c-](-c2cccnc2F)c1.[Fe+2].c1cc[cH-]c1. The maximum absolute atomic E-state index is 13.4. The first-order valence-electron chi connectivity index (χ1n) is 6.85. The standard InChI is InChI=1S/C13H14FN2.C5H5.Fe/c1-16(2)9-10-5-6-11(8-10)12-4-3-7-15-13(12)14;1-2-4-5-3-1;/h3-8H,9H2,1-2H3;1-5H;/q2*-1;+2. The van der Waals surface area contributed by atoms with Crippen LogP contribution in [-0.4, -0.2) is 24.0 Å². The van der Waals surface area contributed by atoms with Crippen molar-refractivity contribution in [2.45, 2.75) is 6.54 Å². The molecule has 0 amide bonds. The van der Waals surface area contributed by atoms with Crippen molar-refractivity contribution in [1.29, 1.82) is 0 Å². The Morgan fingerprint density at radius 1 is 1.18 bits per heavy atom. The van der Waals surface area contributed by atoms with Crippen molar-refractivity contribution < 1.29 is 21.5 Å². The van der Waals surface area contributed by atoms with Gasteiger partial charge >= 0.3 is 17.1 Å². The van der Waals surface area contributed by atoms with Crippen LogP contribution < -0.4 is 0 Å². The molecule has 22 heavy (non-hydrogen) atoms. The third-order valence-electron chi connectivity index (χ3n) is 2.94. The summed E-state index contributed by atoms with van der Waals surface area (Å²) >= 11 is 0. The fourth-order valence-electron chi connectivity index (χ4n) is 2.05. The van der Waals surface area contributed by atoms with E-state index in [0.29, 0.717) is 5.56 Å². The predicted octanol–water partition coefficient (Wildman–Crippen LogP) is 4.07. The normalized spacial score (nSPS) is 9.82. The average Bonchev–Trinajstić information content (AvgIpc) is 3.12. The average molecular weight is 338 g/mol. The molecule has 1 aromatic heterocycles. The Hall–Kier alpha value is -1.74. The van der Waals surface area contributed by atoms with Gasteiger partial charge in [0.15, 0.2) is 5.95 Å². The molecule has 0 radical (unpaired) electrons. The second-order valence-electron chi connectivity index (χ2n) is 5.05. The molecule has 1 heterocycles. The van der Waals surface area contributed by atoms with Crippen LogP contribution in [0.25, 0.3) is 11.1 Å². The van der Waals surface area contributed by atoms with E-state index >= 15 is 0 Å². The summed E-state index contributed by atoms with van der Waals surface area (Å²) in [6.45, 7) is 0.863. The van der Waals surface area contributed by atoms with Crippen LogP contribution in [0.5, 0.6) is 0 Å². The van der Waals surface area contributed by atoms with Gasteiger partial charge < -0.3 is 4.90 Å². The Morgan fingerprint density at radius 3 is 2.45 bits per heavy atom. The van der Waals surface area contributed by atoms with Gasteiger partial charge in [0.2, 0.25) is 0 Å². The molecule has 116 valence electrons. The van der Waals surface area contributed by atoms with Gasteiger partial charge in [0, 0.05) is 6.20 Å². The number of hydrogen-bond acceptors (Lipinski definition) is 2. The maximum Gasteiger partial charge on any atom is 2.00 e. The van der Waals surface area contributed by atoms with Crippen molar-refractivity contribution in [3.8, 4) is 11.1 Å². The minimum Gasteiger partial charge on any atom is -0.313 e. The van der Waals surface area contributed by atoms with E-state index in [4.69, 9.17) is 0 Å². The van der Waals surface area contributed by atoms with E-state index in [1.54, 1.807) is 12.1 Å². The Morgan fingerprint density at radius 2 is 1.91 bits per heavy atom. The Kier molecular flexibility index (Phi) is 7.75. The van der Waals surface area contributed by atoms with Crippen LogP contribution >= 0.6 is 0 Å². The summed E-state index contributed by atoms with van der Waals surface area (Å²) in [6, 6.07) is 19.4. The van der Waals surface area contributed by atoms with Crippen molar-refractivity contribution in [1.82, 2.24) is 9.88 Å². The quantitative estimate of drug-likeness (QED) is 0.407. The van der Waals surface area contributed by atoms with Gasteiger partial charge in [0.1, 0.15) is 0 Å². The zero-order valence-corrected chi connectivity index (χ0v) is 13.8. The first-order valence-corrected chi connectivity index (χ1v) is 6.85. The van der Waals surface area contributed by atoms with E-state index in [0.717, 1.165) is 12.1 Å². The molecule has 3 aromatic rings. The molecule has 0 aliphatic heterocycles. The van der Waals surface area contributed by atoms with Gasteiger partial charge in [-0.1, -0.05) is 17.2 Å². The van der Waals surface area contributed by atoms with Crippen LogP contribution in [0.3, 0.4) is 0 Å². The Balaban J connectivity index is 0.000000344. The molecule has 4 heteroatoms. The fraction of sp³-hybridized carbons (Fsp3) is 0.167. The Bertz CT molecular complexity index is 627. The van der Waals surface area contributed by atoms with Crippen molar-refractivity contribution in [3.05, 3.63) is 78.4 Å². The summed E-state index contributed by atoms with van der Waals surface area (Å²) in [7, 11) is 4.02. The number of aromatic nitrogens is 1. The molecular formula is C18H19FFeN2. The van der Waals surface area contributed by atoms with Gasteiger partial charge in [-0.2, -0.15) is 18.2 Å². The molecule has 2 aromatic carbocycles. The summed E-state index contributed by atoms with van der Waals surface area (Å²) < 4.78 is 13.4. The zero-order valence-electron chi connectivity index (χ0n) is 12.7. The summed E-state index contributed by atoms with van der Waals surface area (Å²) in [5, 5.41) is 0. The minimum atomic E-state index is -0.412. The van der Waals surface area contributed by atoms with Gasteiger partial charge in [0.25, 0.3) is 0 Å². The minimum absolute atomic E-state index is 0. The van der Waals surface area contributed by atoms with Gasteiger partial charge in [-0.15, -0.1) is 29.8 Å². The van der Waals surface area contributed by atoms with Crippen LogP contribution in [0.4, 0.5) is 4.39 Å². The van der Waals surface area contributed by atoms with E-state index in [1.165, 1.54) is 11.8 Å². The molecule has 0 fully saturated rings. The molecule has 2 nitrogen and oxygen atoms in total. The molecule has 3 rings (SSSR count). The van der Waals surface area contributed by atoms with E-state index in [2.05, 4.69) is 9.88 Å². The van der Waals surface area contributed by atoms with Gasteiger partial charge in [-0.05, 0) is 20.6 Å². The van der Waals surface area contributed by atoms with Crippen LogP contribution in [0, 0.1) is 5.95 Å². The fourth-order valence-corrected chi connectivity index (χ4v) is 2.05. The molecule has 0 aliphatic rings. The van der Waals surface area contributed by atoms with Crippen molar-refractivity contribution in [2.24, 2.45) is 0 Å². The third kappa shape index (κ3) is 5.57. The van der Waals surface area contributed by atoms with Crippen LogP contribution in [-0.2, 0) is 23.6 Å². The van der Waals surface area contributed by atoms with Crippen molar-refractivity contribution >= 4 is 0 Å². The summed E-state index contributed by atoms with van der Waals surface area (Å²) in [5.74, 6) is -0.412. The van der Waals surface area contributed by atoms with Crippen molar-refractivity contribution in [3.63, 3.8) is 0 Å². The summed E-state index contributed by atoms with van der Waals surface area (Å²) in [5.41, 5.74) is 2.64. The van der Waals surface area contributed by atoms with E-state index < -0.39 is 5.95 Å². The van der Waals surface area contributed by atoms with Gasteiger partial charge in [-0.25, -0.2) is 16.5 Å². The smallest absolute Gasteiger partial charge is 0.313 e. The van der Waals surface area contributed by atoms with E-state index in [9.17, 15) is 4.39 Å². The van der Waals surface area contributed by atoms with Crippen LogP contribution in [0.15, 0.2) is 66.9 Å². The largest absolute Gasteiger partial charge is 2.00 e. The number of halogens is 1. The second-order valence-corrected chi connectivity index (χ2v) is 5.05. The molecule has 0 saturated heterocycles. The number of pyridine rings is 1.